The third-order valence-corrected chi connectivity index (χ3v) is 2.41. The van der Waals surface area contributed by atoms with Crippen molar-refractivity contribution < 1.29 is 9.18 Å². The topological polar surface area (TPSA) is 41.1 Å². The highest BCUT2D eigenvalue weighted by Crippen LogP contribution is 2.21. The molecule has 2 amide bonds. The molecule has 0 aliphatic carbocycles. The van der Waals surface area contributed by atoms with Crippen LogP contribution in [-0.2, 0) is 0 Å². The third kappa shape index (κ3) is 1.65. The minimum absolute atomic E-state index is 0.0728. The predicted octanol–water partition coefficient (Wildman–Crippen LogP) is 1.83. The molecule has 1 saturated heterocycles. The Kier molecular flexibility index (Phi) is 2.29. The summed E-state index contributed by atoms with van der Waals surface area (Å²) in [5.74, 6) is -0.451. The van der Waals surface area contributed by atoms with Gasteiger partial charge in [-0.1, -0.05) is 17.7 Å². The number of halogens is 2. The molecule has 14 heavy (non-hydrogen) atoms. The highest BCUT2D eigenvalue weighted by atomic mass is 35.5. The van der Waals surface area contributed by atoms with Gasteiger partial charge in [0.15, 0.2) is 0 Å². The summed E-state index contributed by atoms with van der Waals surface area (Å²) < 4.78 is 12.8. The summed E-state index contributed by atoms with van der Waals surface area (Å²) in [5.41, 5.74) is 0.801. The highest BCUT2D eigenvalue weighted by Gasteiger charge is 2.21. The smallest absolute Gasteiger partial charge is 0.315 e. The van der Waals surface area contributed by atoms with Crippen LogP contribution in [0.25, 0.3) is 0 Å². The Morgan fingerprint density at radius 2 is 2.29 bits per heavy atom. The molecular formula is C9H8ClFN2O. The van der Waals surface area contributed by atoms with Gasteiger partial charge >= 0.3 is 6.03 Å². The fourth-order valence-electron chi connectivity index (χ4n) is 1.39. The molecule has 0 bridgehead atoms. The highest BCUT2D eigenvalue weighted by molar-refractivity contribution is 6.30. The minimum atomic E-state index is -0.451. The average molecular weight is 215 g/mol. The van der Waals surface area contributed by atoms with E-state index < -0.39 is 5.82 Å². The summed E-state index contributed by atoms with van der Waals surface area (Å²) in [7, 11) is 0. The van der Waals surface area contributed by atoms with Crippen LogP contribution >= 0.6 is 11.6 Å². The first-order valence-corrected chi connectivity index (χ1v) is 4.54. The average Bonchev–Trinajstić information content (AvgIpc) is 2.57. The van der Waals surface area contributed by atoms with E-state index in [4.69, 9.17) is 11.6 Å². The molecule has 1 atom stereocenters. The number of carbonyl (C=O) groups is 1. The number of hydrogen-bond donors (Lipinski definition) is 2. The molecule has 0 unspecified atom stereocenters. The summed E-state index contributed by atoms with van der Waals surface area (Å²) in [6.45, 7) is 0.501. The lowest BCUT2D eigenvalue weighted by atomic mass is 10.1. The van der Waals surface area contributed by atoms with Crippen LogP contribution in [0.1, 0.15) is 11.6 Å². The van der Waals surface area contributed by atoms with Crippen LogP contribution in [0.15, 0.2) is 18.2 Å². The van der Waals surface area contributed by atoms with Crippen molar-refractivity contribution in [3.63, 3.8) is 0 Å². The van der Waals surface area contributed by atoms with Gasteiger partial charge in [0.25, 0.3) is 0 Å². The lowest BCUT2D eigenvalue weighted by Gasteiger charge is -2.08. The van der Waals surface area contributed by atoms with Crippen molar-refractivity contribution >= 4 is 17.6 Å². The van der Waals surface area contributed by atoms with Crippen molar-refractivity contribution in [2.75, 3.05) is 6.54 Å². The Balaban J connectivity index is 2.24. The first-order chi connectivity index (χ1) is 6.66. The van der Waals surface area contributed by atoms with Gasteiger partial charge in [0.1, 0.15) is 5.82 Å². The molecule has 1 aliphatic heterocycles. The second-order valence-electron chi connectivity index (χ2n) is 3.08. The third-order valence-electron chi connectivity index (χ3n) is 2.12. The standard InChI is InChI=1S/C9H8ClFN2O/c10-6-3-5(1-2-7(6)11)8-4-12-9(14)13-8/h1-3,8H,4H2,(H2,12,13,14)/t8-/m1/s1. The second-order valence-corrected chi connectivity index (χ2v) is 3.49. The number of amides is 2. The normalized spacial score (nSPS) is 20.4. The number of rotatable bonds is 1. The fourth-order valence-corrected chi connectivity index (χ4v) is 1.57. The number of carbonyl (C=O) groups excluding carboxylic acids is 1. The van der Waals surface area contributed by atoms with Crippen LogP contribution in [0, 0.1) is 5.82 Å². The monoisotopic (exact) mass is 214 g/mol. The fraction of sp³-hybridized carbons (Fsp3) is 0.222. The Bertz CT molecular complexity index is 383. The molecule has 74 valence electrons. The van der Waals surface area contributed by atoms with E-state index in [0.29, 0.717) is 6.54 Å². The first kappa shape index (κ1) is 9.27. The molecule has 1 aliphatic rings. The quantitative estimate of drug-likeness (QED) is 0.736. The molecule has 0 saturated carbocycles. The van der Waals surface area contributed by atoms with Crippen LogP contribution < -0.4 is 10.6 Å². The van der Waals surface area contributed by atoms with Gasteiger partial charge in [-0.05, 0) is 17.7 Å². The number of benzene rings is 1. The molecule has 1 heterocycles. The van der Waals surface area contributed by atoms with E-state index in [9.17, 15) is 9.18 Å². The van der Waals surface area contributed by atoms with Gasteiger partial charge in [-0.3, -0.25) is 0 Å². The van der Waals surface area contributed by atoms with Gasteiger partial charge in [0, 0.05) is 6.54 Å². The lowest BCUT2D eigenvalue weighted by molar-refractivity contribution is 0.247. The Hall–Kier alpha value is -1.29. The van der Waals surface area contributed by atoms with Crippen molar-refractivity contribution in [1.29, 1.82) is 0 Å². The van der Waals surface area contributed by atoms with Crippen LogP contribution in [0.2, 0.25) is 5.02 Å². The zero-order valence-electron chi connectivity index (χ0n) is 7.18. The van der Waals surface area contributed by atoms with E-state index >= 15 is 0 Å². The molecule has 1 fully saturated rings. The maximum absolute atomic E-state index is 12.8. The molecule has 1 aromatic carbocycles. The van der Waals surface area contributed by atoms with E-state index in [1.165, 1.54) is 12.1 Å². The summed E-state index contributed by atoms with van der Waals surface area (Å²) in [6, 6.07) is 4.09. The summed E-state index contributed by atoms with van der Waals surface area (Å²) in [6.07, 6.45) is 0. The van der Waals surface area contributed by atoms with Crippen LogP contribution in [-0.4, -0.2) is 12.6 Å². The largest absolute Gasteiger partial charge is 0.336 e. The van der Waals surface area contributed by atoms with E-state index in [2.05, 4.69) is 10.6 Å². The SMILES string of the molecule is O=C1NC[C@H](c2ccc(F)c(Cl)c2)N1. The molecular weight excluding hydrogens is 207 g/mol. The van der Waals surface area contributed by atoms with E-state index in [0.717, 1.165) is 5.56 Å². The summed E-state index contributed by atoms with van der Waals surface area (Å²) in [4.78, 5) is 10.8. The van der Waals surface area contributed by atoms with Gasteiger partial charge in [-0.15, -0.1) is 0 Å². The van der Waals surface area contributed by atoms with Gasteiger partial charge in [-0.2, -0.15) is 0 Å². The Morgan fingerprint density at radius 1 is 1.50 bits per heavy atom. The van der Waals surface area contributed by atoms with E-state index in [-0.39, 0.29) is 17.1 Å². The number of hydrogen-bond acceptors (Lipinski definition) is 1. The summed E-state index contributed by atoms with van der Waals surface area (Å²) >= 11 is 5.62. The zero-order valence-corrected chi connectivity index (χ0v) is 7.94. The van der Waals surface area contributed by atoms with Gasteiger partial charge < -0.3 is 10.6 Å². The van der Waals surface area contributed by atoms with Crippen molar-refractivity contribution in [2.24, 2.45) is 0 Å². The summed E-state index contributed by atoms with van der Waals surface area (Å²) in [5, 5.41) is 5.37. The minimum Gasteiger partial charge on any atom is -0.336 e. The molecule has 2 rings (SSSR count). The van der Waals surface area contributed by atoms with Crippen molar-refractivity contribution in [1.82, 2.24) is 10.6 Å². The molecule has 0 aromatic heterocycles. The molecule has 0 spiro atoms. The number of urea groups is 1. The van der Waals surface area contributed by atoms with Crippen molar-refractivity contribution in [2.45, 2.75) is 6.04 Å². The van der Waals surface area contributed by atoms with E-state index in [1.54, 1.807) is 6.07 Å². The number of nitrogens with one attached hydrogen (secondary N) is 2. The van der Waals surface area contributed by atoms with Gasteiger partial charge in [0.2, 0.25) is 0 Å². The molecule has 1 aromatic rings. The van der Waals surface area contributed by atoms with Gasteiger partial charge in [-0.25, -0.2) is 9.18 Å². The molecule has 5 heteroatoms. The Morgan fingerprint density at radius 3 is 2.86 bits per heavy atom. The second kappa shape index (κ2) is 3.46. The molecule has 0 radical (unpaired) electrons. The predicted molar refractivity (Wildman–Crippen MR) is 50.7 cm³/mol. The zero-order chi connectivity index (χ0) is 10.1. The van der Waals surface area contributed by atoms with E-state index in [1.807, 2.05) is 0 Å². The van der Waals surface area contributed by atoms with Crippen molar-refractivity contribution in [3.05, 3.63) is 34.6 Å². The maximum Gasteiger partial charge on any atom is 0.315 e. The Labute approximate surface area is 85.3 Å². The van der Waals surface area contributed by atoms with Gasteiger partial charge in [0.05, 0.1) is 11.1 Å². The van der Waals surface area contributed by atoms with Crippen LogP contribution in [0.5, 0.6) is 0 Å². The van der Waals surface area contributed by atoms with Crippen LogP contribution in [0.3, 0.4) is 0 Å². The molecule has 2 N–H and O–H groups in total. The van der Waals surface area contributed by atoms with Crippen molar-refractivity contribution in [3.8, 4) is 0 Å². The molecule has 3 nitrogen and oxygen atoms in total. The first-order valence-electron chi connectivity index (χ1n) is 4.16. The van der Waals surface area contributed by atoms with Crippen LogP contribution in [0.4, 0.5) is 9.18 Å². The maximum atomic E-state index is 12.8. The lowest BCUT2D eigenvalue weighted by Crippen LogP contribution is -2.21.